The third-order valence-corrected chi connectivity index (χ3v) is 2.74. The van der Waals surface area contributed by atoms with Crippen LogP contribution in [0.2, 0.25) is 0 Å². The number of rotatable bonds is 6. The number of amides is 1. The molecule has 5 nitrogen and oxygen atoms in total. The summed E-state index contributed by atoms with van der Waals surface area (Å²) < 4.78 is 10.6. The normalized spacial score (nSPS) is 10.0. The Labute approximate surface area is 107 Å². The van der Waals surface area contributed by atoms with Crippen molar-refractivity contribution in [2.24, 2.45) is 5.73 Å². The van der Waals surface area contributed by atoms with E-state index < -0.39 is 0 Å². The fourth-order valence-corrected chi connectivity index (χ4v) is 1.41. The molecule has 18 heavy (non-hydrogen) atoms. The maximum Gasteiger partial charge on any atom is 0.260 e. The summed E-state index contributed by atoms with van der Waals surface area (Å²) in [5, 5.41) is 0. The topological polar surface area (TPSA) is 64.8 Å². The summed E-state index contributed by atoms with van der Waals surface area (Å²) in [5.41, 5.74) is 6.46. The van der Waals surface area contributed by atoms with Gasteiger partial charge in [0.15, 0.2) is 6.61 Å². The van der Waals surface area contributed by atoms with Gasteiger partial charge < -0.3 is 20.1 Å². The second-order valence-corrected chi connectivity index (χ2v) is 3.87. The first-order chi connectivity index (χ1) is 8.62. The SMILES string of the molecule is CCN(C)C(=O)COc1ccc(OC)cc1CN. The first-order valence-corrected chi connectivity index (χ1v) is 5.86. The highest BCUT2D eigenvalue weighted by Crippen LogP contribution is 2.23. The lowest BCUT2D eigenvalue weighted by atomic mass is 10.2. The van der Waals surface area contributed by atoms with Crippen LogP contribution in [0.4, 0.5) is 0 Å². The van der Waals surface area contributed by atoms with Crippen LogP contribution >= 0.6 is 0 Å². The lowest BCUT2D eigenvalue weighted by Gasteiger charge is -2.16. The highest BCUT2D eigenvalue weighted by molar-refractivity contribution is 5.77. The van der Waals surface area contributed by atoms with Crippen molar-refractivity contribution in [1.82, 2.24) is 4.90 Å². The van der Waals surface area contributed by atoms with E-state index in [0.29, 0.717) is 18.8 Å². The number of benzene rings is 1. The second kappa shape index (κ2) is 6.86. The average molecular weight is 252 g/mol. The lowest BCUT2D eigenvalue weighted by molar-refractivity contribution is -0.131. The van der Waals surface area contributed by atoms with Gasteiger partial charge in [0.25, 0.3) is 5.91 Å². The minimum atomic E-state index is -0.0590. The van der Waals surface area contributed by atoms with Gasteiger partial charge in [-0.15, -0.1) is 0 Å². The zero-order valence-corrected chi connectivity index (χ0v) is 11.1. The van der Waals surface area contributed by atoms with E-state index in [0.717, 1.165) is 11.3 Å². The molecule has 0 radical (unpaired) electrons. The molecule has 1 amide bonds. The fourth-order valence-electron chi connectivity index (χ4n) is 1.41. The average Bonchev–Trinajstić information content (AvgIpc) is 2.43. The summed E-state index contributed by atoms with van der Waals surface area (Å²) >= 11 is 0. The number of nitrogens with zero attached hydrogens (tertiary/aromatic N) is 1. The highest BCUT2D eigenvalue weighted by atomic mass is 16.5. The van der Waals surface area contributed by atoms with Gasteiger partial charge in [-0.3, -0.25) is 4.79 Å². The third-order valence-electron chi connectivity index (χ3n) is 2.74. The summed E-state index contributed by atoms with van der Waals surface area (Å²) in [7, 11) is 3.33. The summed E-state index contributed by atoms with van der Waals surface area (Å²) in [4.78, 5) is 13.2. The predicted molar refractivity (Wildman–Crippen MR) is 69.7 cm³/mol. The number of ether oxygens (including phenoxy) is 2. The van der Waals surface area contributed by atoms with Gasteiger partial charge in [0.2, 0.25) is 0 Å². The Kier molecular flexibility index (Phi) is 5.45. The van der Waals surface area contributed by atoms with Crippen LogP contribution < -0.4 is 15.2 Å². The van der Waals surface area contributed by atoms with Gasteiger partial charge in [0.1, 0.15) is 11.5 Å². The molecule has 0 aromatic heterocycles. The number of nitrogens with two attached hydrogens (primary N) is 1. The van der Waals surface area contributed by atoms with Gasteiger partial charge in [-0.05, 0) is 25.1 Å². The molecule has 0 bridgehead atoms. The summed E-state index contributed by atoms with van der Waals surface area (Å²) in [6, 6.07) is 5.35. The lowest BCUT2D eigenvalue weighted by Crippen LogP contribution is -2.31. The third kappa shape index (κ3) is 3.63. The summed E-state index contributed by atoms with van der Waals surface area (Å²) in [6.45, 7) is 2.93. The van der Waals surface area contributed by atoms with Crippen molar-refractivity contribution in [3.63, 3.8) is 0 Å². The van der Waals surface area contributed by atoms with Crippen LogP contribution in [0.1, 0.15) is 12.5 Å². The molecule has 100 valence electrons. The van der Waals surface area contributed by atoms with E-state index in [1.165, 1.54) is 0 Å². The van der Waals surface area contributed by atoms with Gasteiger partial charge >= 0.3 is 0 Å². The standard InChI is InChI=1S/C13H20N2O3/c1-4-15(2)13(16)9-18-12-6-5-11(17-3)7-10(12)8-14/h5-7H,4,8-9,14H2,1-3H3. The highest BCUT2D eigenvalue weighted by Gasteiger charge is 2.10. The number of hydrogen-bond acceptors (Lipinski definition) is 4. The Balaban J connectivity index is 2.70. The molecule has 0 atom stereocenters. The zero-order chi connectivity index (χ0) is 13.5. The van der Waals surface area contributed by atoms with E-state index in [-0.39, 0.29) is 12.5 Å². The Morgan fingerprint density at radius 3 is 2.72 bits per heavy atom. The first kappa shape index (κ1) is 14.3. The molecular formula is C13H20N2O3. The van der Waals surface area contributed by atoms with Crippen molar-refractivity contribution in [3.8, 4) is 11.5 Å². The number of carbonyl (C=O) groups excluding carboxylic acids is 1. The monoisotopic (exact) mass is 252 g/mol. The number of methoxy groups -OCH3 is 1. The van der Waals surface area contributed by atoms with E-state index in [1.807, 2.05) is 13.0 Å². The number of carbonyl (C=O) groups is 1. The molecule has 0 fully saturated rings. The Hall–Kier alpha value is -1.75. The van der Waals surface area contributed by atoms with Gasteiger partial charge in [-0.2, -0.15) is 0 Å². The van der Waals surface area contributed by atoms with Crippen LogP contribution in [0.5, 0.6) is 11.5 Å². The first-order valence-electron chi connectivity index (χ1n) is 5.86. The molecule has 0 saturated carbocycles. The Morgan fingerprint density at radius 1 is 1.44 bits per heavy atom. The van der Waals surface area contributed by atoms with Crippen molar-refractivity contribution >= 4 is 5.91 Å². The van der Waals surface area contributed by atoms with Crippen molar-refractivity contribution in [1.29, 1.82) is 0 Å². The van der Waals surface area contributed by atoms with Gasteiger partial charge in [0.05, 0.1) is 7.11 Å². The minimum Gasteiger partial charge on any atom is -0.497 e. The fraction of sp³-hybridized carbons (Fsp3) is 0.462. The Morgan fingerprint density at radius 2 is 2.17 bits per heavy atom. The zero-order valence-electron chi connectivity index (χ0n) is 11.1. The number of hydrogen-bond donors (Lipinski definition) is 1. The van der Waals surface area contributed by atoms with Gasteiger partial charge in [-0.25, -0.2) is 0 Å². The molecule has 0 saturated heterocycles. The molecule has 0 aliphatic carbocycles. The van der Waals surface area contributed by atoms with Crippen molar-refractivity contribution < 1.29 is 14.3 Å². The molecule has 0 heterocycles. The van der Waals surface area contributed by atoms with E-state index >= 15 is 0 Å². The van der Waals surface area contributed by atoms with Crippen LogP contribution in [0.15, 0.2) is 18.2 Å². The van der Waals surface area contributed by atoms with Crippen LogP contribution in [0.3, 0.4) is 0 Å². The Bertz CT molecular complexity index is 407. The molecule has 1 aromatic carbocycles. The van der Waals surface area contributed by atoms with Crippen LogP contribution in [-0.2, 0) is 11.3 Å². The van der Waals surface area contributed by atoms with Crippen molar-refractivity contribution in [2.75, 3.05) is 27.3 Å². The quantitative estimate of drug-likeness (QED) is 0.820. The maximum atomic E-state index is 11.6. The number of likely N-dealkylation sites (N-methyl/N-ethyl adjacent to an activating group) is 1. The largest absolute Gasteiger partial charge is 0.497 e. The van der Waals surface area contributed by atoms with Crippen molar-refractivity contribution in [2.45, 2.75) is 13.5 Å². The molecular weight excluding hydrogens is 232 g/mol. The van der Waals surface area contributed by atoms with Crippen molar-refractivity contribution in [3.05, 3.63) is 23.8 Å². The predicted octanol–water partition coefficient (Wildman–Crippen LogP) is 1.01. The van der Waals surface area contributed by atoms with E-state index in [4.69, 9.17) is 15.2 Å². The summed E-state index contributed by atoms with van der Waals surface area (Å²) in [5.74, 6) is 1.28. The van der Waals surface area contributed by atoms with Crippen LogP contribution in [0, 0.1) is 0 Å². The van der Waals surface area contributed by atoms with Gasteiger partial charge in [0, 0.05) is 25.7 Å². The smallest absolute Gasteiger partial charge is 0.260 e. The van der Waals surface area contributed by atoms with Gasteiger partial charge in [-0.1, -0.05) is 0 Å². The molecule has 2 N–H and O–H groups in total. The molecule has 0 unspecified atom stereocenters. The maximum absolute atomic E-state index is 11.6. The summed E-state index contributed by atoms with van der Waals surface area (Å²) in [6.07, 6.45) is 0. The molecule has 5 heteroatoms. The molecule has 1 rings (SSSR count). The van der Waals surface area contributed by atoms with Crippen LogP contribution in [-0.4, -0.2) is 38.1 Å². The molecule has 0 aliphatic heterocycles. The molecule has 1 aromatic rings. The molecule has 0 spiro atoms. The van der Waals surface area contributed by atoms with E-state index in [1.54, 1.807) is 31.2 Å². The minimum absolute atomic E-state index is 0.0175. The van der Waals surface area contributed by atoms with E-state index in [9.17, 15) is 4.79 Å². The van der Waals surface area contributed by atoms with E-state index in [2.05, 4.69) is 0 Å². The second-order valence-electron chi connectivity index (χ2n) is 3.87. The molecule has 0 aliphatic rings. The van der Waals surface area contributed by atoms with Crippen LogP contribution in [0.25, 0.3) is 0 Å².